The SMILES string of the molecule is Cc1cc(=O)c(N)nn1-c1cccc(Cl)c1Cl. The Morgan fingerprint density at radius 2 is 2.06 bits per heavy atom. The first-order valence-electron chi connectivity index (χ1n) is 4.81. The fourth-order valence-corrected chi connectivity index (χ4v) is 1.84. The van der Waals surface area contributed by atoms with E-state index in [1.165, 1.54) is 10.7 Å². The van der Waals surface area contributed by atoms with Gasteiger partial charge in [0.15, 0.2) is 5.82 Å². The molecule has 0 bridgehead atoms. The zero-order valence-electron chi connectivity index (χ0n) is 8.95. The Kier molecular flexibility index (Phi) is 3.09. The molecule has 0 fully saturated rings. The highest BCUT2D eigenvalue weighted by atomic mass is 35.5. The second-order valence-corrected chi connectivity index (χ2v) is 4.31. The van der Waals surface area contributed by atoms with Crippen LogP contribution < -0.4 is 11.2 Å². The Morgan fingerprint density at radius 3 is 2.76 bits per heavy atom. The number of hydrogen-bond donors (Lipinski definition) is 1. The molecule has 2 rings (SSSR count). The Labute approximate surface area is 108 Å². The second-order valence-electron chi connectivity index (χ2n) is 3.52. The fourth-order valence-electron chi connectivity index (χ4n) is 1.46. The van der Waals surface area contributed by atoms with Crippen LogP contribution in [0.4, 0.5) is 5.82 Å². The summed E-state index contributed by atoms with van der Waals surface area (Å²) >= 11 is 12.0. The Hall–Kier alpha value is -1.52. The maximum absolute atomic E-state index is 11.3. The number of halogens is 2. The van der Waals surface area contributed by atoms with E-state index in [2.05, 4.69) is 5.10 Å². The lowest BCUT2D eigenvalue weighted by Gasteiger charge is -2.11. The molecule has 6 heteroatoms. The molecule has 4 nitrogen and oxygen atoms in total. The first-order chi connectivity index (χ1) is 8.00. The molecule has 17 heavy (non-hydrogen) atoms. The molecule has 0 aliphatic carbocycles. The van der Waals surface area contributed by atoms with Crippen molar-refractivity contribution >= 4 is 29.0 Å². The number of aromatic nitrogens is 2. The molecular formula is C11H9Cl2N3O. The van der Waals surface area contributed by atoms with E-state index >= 15 is 0 Å². The summed E-state index contributed by atoms with van der Waals surface area (Å²) in [5.41, 5.74) is 6.41. The number of nitrogens with zero attached hydrogens (tertiary/aromatic N) is 2. The number of aryl methyl sites for hydroxylation is 1. The van der Waals surface area contributed by atoms with Gasteiger partial charge >= 0.3 is 0 Å². The largest absolute Gasteiger partial charge is 0.379 e. The van der Waals surface area contributed by atoms with Crippen molar-refractivity contribution in [2.45, 2.75) is 6.92 Å². The van der Waals surface area contributed by atoms with Crippen LogP contribution >= 0.6 is 23.2 Å². The van der Waals surface area contributed by atoms with Gasteiger partial charge in [0.2, 0.25) is 5.43 Å². The topological polar surface area (TPSA) is 60.9 Å². The van der Waals surface area contributed by atoms with Crippen molar-refractivity contribution in [1.29, 1.82) is 0 Å². The molecule has 88 valence electrons. The molecule has 0 saturated carbocycles. The summed E-state index contributed by atoms with van der Waals surface area (Å²) in [6.45, 7) is 1.74. The smallest absolute Gasteiger partial charge is 0.224 e. The summed E-state index contributed by atoms with van der Waals surface area (Å²) in [5, 5.41) is 4.77. The summed E-state index contributed by atoms with van der Waals surface area (Å²) in [5.74, 6) is -0.0772. The summed E-state index contributed by atoms with van der Waals surface area (Å²) in [7, 11) is 0. The third-order valence-corrected chi connectivity index (χ3v) is 3.10. The number of nitrogens with two attached hydrogens (primary N) is 1. The fraction of sp³-hybridized carbons (Fsp3) is 0.0909. The predicted molar refractivity (Wildman–Crippen MR) is 69.0 cm³/mol. The first kappa shape index (κ1) is 12.0. The van der Waals surface area contributed by atoms with Crippen LogP contribution in [0.1, 0.15) is 5.69 Å². The van der Waals surface area contributed by atoms with Crippen molar-refractivity contribution in [2.24, 2.45) is 0 Å². The van der Waals surface area contributed by atoms with E-state index in [0.29, 0.717) is 21.4 Å². The van der Waals surface area contributed by atoms with Gasteiger partial charge in [0.25, 0.3) is 0 Å². The maximum atomic E-state index is 11.3. The van der Waals surface area contributed by atoms with Gasteiger partial charge in [0, 0.05) is 11.8 Å². The molecule has 0 unspecified atom stereocenters. The molecule has 0 spiro atoms. The van der Waals surface area contributed by atoms with E-state index in [0.717, 1.165) is 0 Å². The zero-order valence-corrected chi connectivity index (χ0v) is 10.5. The molecule has 2 aromatic rings. The molecule has 0 atom stereocenters. The number of nitrogen functional groups attached to an aromatic ring is 1. The van der Waals surface area contributed by atoms with E-state index in [-0.39, 0.29) is 11.2 Å². The van der Waals surface area contributed by atoms with Crippen molar-refractivity contribution in [2.75, 3.05) is 5.73 Å². The van der Waals surface area contributed by atoms with Crippen LogP contribution in [0.2, 0.25) is 10.0 Å². The molecule has 1 aromatic heterocycles. The van der Waals surface area contributed by atoms with Gasteiger partial charge in [-0.05, 0) is 19.1 Å². The maximum Gasteiger partial charge on any atom is 0.224 e. The van der Waals surface area contributed by atoms with Crippen molar-refractivity contribution in [1.82, 2.24) is 9.78 Å². The minimum atomic E-state index is -0.308. The average molecular weight is 270 g/mol. The van der Waals surface area contributed by atoms with Gasteiger partial charge in [0.05, 0.1) is 15.7 Å². The minimum absolute atomic E-state index is 0.0772. The summed E-state index contributed by atoms with van der Waals surface area (Å²) < 4.78 is 1.49. The van der Waals surface area contributed by atoms with Crippen molar-refractivity contribution in [3.63, 3.8) is 0 Å². The van der Waals surface area contributed by atoms with E-state index < -0.39 is 0 Å². The highest BCUT2D eigenvalue weighted by Gasteiger charge is 2.10. The molecule has 0 aliphatic rings. The van der Waals surface area contributed by atoms with Gasteiger partial charge in [-0.15, -0.1) is 5.10 Å². The lowest BCUT2D eigenvalue weighted by Crippen LogP contribution is -2.17. The third kappa shape index (κ3) is 2.14. The molecule has 0 amide bonds. The average Bonchev–Trinajstić information content (AvgIpc) is 2.28. The summed E-state index contributed by atoms with van der Waals surface area (Å²) in [6.07, 6.45) is 0. The van der Waals surface area contributed by atoms with Gasteiger partial charge in [-0.2, -0.15) is 0 Å². The first-order valence-corrected chi connectivity index (χ1v) is 5.57. The van der Waals surface area contributed by atoms with Crippen molar-refractivity contribution in [3.8, 4) is 5.69 Å². The molecule has 0 radical (unpaired) electrons. The summed E-state index contributed by atoms with van der Waals surface area (Å²) in [4.78, 5) is 11.3. The molecule has 1 heterocycles. The van der Waals surface area contributed by atoms with Crippen LogP contribution in [-0.2, 0) is 0 Å². The van der Waals surface area contributed by atoms with E-state index in [4.69, 9.17) is 28.9 Å². The number of hydrogen-bond acceptors (Lipinski definition) is 3. The van der Waals surface area contributed by atoms with Crippen LogP contribution in [0.3, 0.4) is 0 Å². The second kappa shape index (κ2) is 4.39. The van der Waals surface area contributed by atoms with Crippen molar-refractivity contribution < 1.29 is 0 Å². The quantitative estimate of drug-likeness (QED) is 0.865. The lowest BCUT2D eigenvalue weighted by molar-refractivity contribution is 0.808. The monoisotopic (exact) mass is 269 g/mol. The number of anilines is 1. The van der Waals surface area contributed by atoms with Crippen LogP contribution in [0, 0.1) is 6.92 Å². The van der Waals surface area contributed by atoms with Gasteiger partial charge in [0.1, 0.15) is 0 Å². The highest BCUT2D eigenvalue weighted by Crippen LogP contribution is 2.28. The van der Waals surface area contributed by atoms with Gasteiger partial charge in [-0.1, -0.05) is 29.3 Å². The normalized spacial score (nSPS) is 10.5. The van der Waals surface area contributed by atoms with E-state index in [1.54, 1.807) is 25.1 Å². The number of rotatable bonds is 1. The predicted octanol–water partition coefficient (Wildman–Crippen LogP) is 2.43. The van der Waals surface area contributed by atoms with E-state index in [1.807, 2.05) is 0 Å². The molecular weight excluding hydrogens is 261 g/mol. The van der Waals surface area contributed by atoms with Crippen LogP contribution in [-0.4, -0.2) is 9.78 Å². The van der Waals surface area contributed by atoms with Crippen molar-refractivity contribution in [3.05, 3.63) is 50.2 Å². The molecule has 2 N–H and O–H groups in total. The summed E-state index contributed by atoms with van der Waals surface area (Å²) in [6, 6.07) is 6.57. The molecule has 0 saturated heterocycles. The van der Waals surface area contributed by atoms with Gasteiger partial charge in [-0.3, -0.25) is 4.79 Å². The third-order valence-electron chi connectivity index (χ3n) is 2.29. The van der Waals surface area contributed by atoms with Gasteiger partial charge in [-0.25, -0.2) is 4.68 Å². The highest BCUT2D eigenvalue weighted by molar-refractivity contribution is 6.43. The van der Waals surface area contributed by atoms with E-state index in [9.17, 15) is 4.79 Å². The van der Waals surface area contributed by atoms with Crippen LogP contribution in [0.15, 0.2) is 29.1 Å². The lowest BCUT2D eigenvalue weighted by atomic mass is 10.3. The Bertz CT molecular complexity index is 637. The minimum Gasteiger partial charge on any atom is -0.379 e. The molecule has 1 aromatic carbocycles. The Morgan fingerprint density at radius 1 is 1.35 bits per heavy atom. The zero-order chi connectivity index (χ0) is 12.6. The number of benzene rings is 1. The Balaban J connectivity index is 2.73. The van der Waals surface area contributed by atoms with Gasteiger partial charge < -0.3 is 5.73 Å². The van der Waals surface area contributed by atoms with Crippen LogP contribution in [0.5, 0.6) is 0 Å². The standard InChI is InChI=1S/C11H9Cl2N3O/c1-6-5-9(17)11(14)15-16(6)8-4-2-3-7(12)10(8)13/h2-5H,1H3,(H2,14,15). The molecule has 0 aliphatic heterocycles. The van der Waals surface area contributed by atoms with Crippen LogP contribution in [0.25, 0.3) is 5.69 Å².